The zero-order chi connectivity index (χ0) is 14.8. The molecule has 0 radical (unpaired) electrons. The number of nitrogens with zero attached hydrogens (tertiary/aromatic N) is 2. The highest BCUT2D eigenvalue weighted by Crippen LogP contribution is 2.26. The van der Waals surface area contributed by atoms with Crippen molar-refractivity contribution in [2.45, 2.75) is 0 Å². The normalized spacial score (nSPS) is 10.6. The third kappa shape index (κ3) is 2.72. The van der Waals surface area contributed by atoms with E-state index in [9.17, 15) is 8.78 Å². The molecule has 0 aliphatic carbocycles. The van der Waals surface area contributed by atoms with Gasteiger partial charge in [-0.1, -0.05) is 12.1 Å². The summed E-state index contributed by atoms with van der Waals surface area (Å²) in [6.07, 6.45) is 0. The summed E-state index contributed by atoms with van der Waals surface area (Å²) in [4.78, 5) is 8.17. The Kier molecular flexibility index (Phi) is 3.31. The highest BCUT2D eigenvalue weighted by Gasteiger charge is 2.10. The van der Waals surface area contributed by atoms with Gasteiger partial charge in [0.15, 0.2) is 0 Å². The molecule has 0 aliphatic heterocycles. The first-order valence-corrected chi connectivity index (χ1v) is 6.29. The Labute approximate surface area is 120 Å². The predicted molar refractivity (Wildman–Crippen MR) is 77.2 cm³/mol. The maximum Gasteiger partial charge on any atom is 0.221 e. The number of aromatic nitrogens is 2. The van der Waals surface area contributed by atoms with Crippen molar-refractivity contribution in [1.29, 1.82) is 0 Å². The van der Waals surface area contributed by atoms with Gasteiger partial charge in [-0.05, 0) is 42.5 Å². The first kappa shape index (κ1) is 13.2. The molecule has 3 rings (SSSR count). The molecule has 1 heterocycles. The quantitative estimate of drug-likeness (QED) is 0.780. The molecule has 0 saturated heterocycles. The Morgan fingerprint density at radius 3 is 2.19 bits per heavy atom. The largest absolute Gasteiger partial charge is 0.368 e. The molecule has 0 spiro atoms. The Hall–Kier alpha value is -2.82. The number of nitrogens with two attached hydrogens (primary N) is 1. The van der Waals surface area contributed by atoms with Gasteiger partial charge >= 0.3 is 0 Å². The lowest BCUT2D eigenvalue weighted by Gasteiger charge is -2.07. The molecule has 0 bridgehead atoms. The van der Waals surface area contributed by atoms with Gasteiger partial charge in [0.1, 0.15) is 11.6 Å². The van der Waals surface area contributed by atoms with E-state index in [1.165, 1.54) is 18.2 Å². The van der Waals surface area contributed by atoms with Crippen molar-refractivity contribution >= 4 is 5.95 Å². The summed E-state index contributed by atoms with van der Waals surface area (Å²) in [6.45, 7) is 0. The van der Waals surface area contributed by atoms with E-state index >= 15 is 0 Å². The van der Waals surface area contributed by atoms with Crippen LogP contribution in [0.25, 0.3) is 22.5 Å². The lowest BCUT2D eigenvalue weighted by molar-refractivity contribution is 0.628. The van der Waals surface area contributed by atoms with E-state index in [1.807, 2.05) is 0 Å². The molecule has 1 aromatic heterocycles. The van der Waals surface area contributed by atoms with E-state index in [4.69, 9.17) is 5.73 Å². The molecule has 0 aliphatic rings. The van der Waals surface area contributed by atoms with Gasteiger partial charge in [0, 0.05) is 11.1 Å². The highest BCUT2D eigenvalue weighted by molar-refractivity contribution is 5.69. The molecule has 21 heavy (non-hydrogen) atoms. The molecule has 5 heteroatoms. The van der Waals surface area contributed by atoms with Crippen molar-refractivity contribution in [3.8, 4) is 22.5 Å². The van der Waals surface area contributed by atoms with Gasteiger partial charge in [-0.25, -0.2) is 18.7 Å². The molecule has 2 aromatic carbocycles. The molecule has 3 nitrogen and oxygen atoms in total. The van der Waals surface area contributed by atoms with Crippen LogP contribution in [-0.2, 0) is 0 Å². The topological polar surface area (TPSA) is 51.8 Å². The van der Waals surface area contributed by atoms with Gasteiger partial charge in [0.2, 0.25) is 5.95 Å². The molecule has 3 aromatic rings. The Balaban J connectivity index is 2.13. The number of benzene rings is 2. The zero-order valence-electron chi connectivity index (χ0n) is 10.9. The first-order valence-electron chi connectivity index (χ1n) is 6.29. The van der Waals surface area contributed by atoms with Crippen molar-refractivity contribution in [2.75, 3.05) is 5.73 Å². The van der Waals surface area contributed by atoms with E-state index in [0.29, 0.717) is 22.5 Å². The first-order chi connectivity index (χ1) is 10.1. The highest BCUT2D eigenvalue weighted by atomic mass is 19.1. The SMILES string of the molecule is Nc1nc(-c2ccc(F)cc2)cc(-c2ccccc2F)n1. The van der Waals surface area contributed by atoms with E-state index in [0.717, 1.165) is 0 Å². The smallest absolute Gasteiger partial charge is 0.221 e. The van der Waals surface area contributed by atoms with Crippen molar-refractivity contribution in [2.24, 2.45) is 0 Å². The Morgan fingerprint density at radius 1 is 0.810 bits per heavy atom. The predicted octanol–water partition coefficient (Wildman–Crippen LogP) is 3.67. The molecule has 0 atom stereocenters. The maximum atomic E-state index is 13.8. The van der Waals surface area contributed by atoms with Crippen LogP contribution in [0.15, 0.2) is 54.6 Å². The van der Waals surface area contributed by atoms with Gasteiger partial charge < -0.3 is 5.73 Å². The van der Waals surface area contributed by atoms with E-state index < -0.39 is 0 Å². The number of anilines is 1. The van der Waals surface area contributed by atoms with E-state index in [2.05, 4.69) is 9.97 Å². The van der Waals surface area contributed by atoms with Gasteiger partial charge in [-0.3, -0.25) is 0 Å². The molecule has 0 fully saturated rings. The van der Waals surface area contributed by atoms with Crippen molar-refractivity contribution in [3.63, 3.8) is 0 Å². The average molecular weight is 283 g/mol. The van der Waals surface area contributed by atoms with Gasteiger partial charge in [0.25, 0.3) is 0 Å². The molecule has 0 amide bonds. The van der Waals surface area contributed by atoms with Gasteiger partial charge in [-0.2, -0.15) is 0 Å². The van der Waals surface area contributed by atoms with Crippen LogP contribution in [0.2, 0.25) is 0 Å². The summed E-state index contributed by atoms with van der Waals surface area (Å²) in [7, 11) is 0. The van der Waals surface area contributed by atoms with Crippen LogP contribution in [0.1, 0.15) is 0 Å². The third-order valence-corrected chi connectivity index (χ3v) is 3.03. The summed E-state index contributed by atoms with van der Waals surface area (Å²) in [5, 5.41) is 0. The number of halogens is 2. The second kappa shape index (κ2) is 5.28. The number of nitrogen functional groups attached to an aromatic ring is 1. The Morgan fingerprint density at radius 2 is 1.48 bits per heavy atom. The van der Waals surface area contributed by atoms with Crippen LogP contribution in [0, 0.1) is 11.6 Å². The van der Waals surface area contributed by atoms with Crippen molar-refractivity contribution in [1.82, 2.24) is 9.97 Å². The average Bonchev–Trinajstić information content (AvgIpc) is 2.48. The second-order valence-electron chi connectivity index (χ2n) is 4.48. The van der Waals surface area contributed by atoms with Crippen LogP contribution in [-0.4, -0.2) is 9.97 Å². The fourth-order valence-electron chi connectivity index (χ4n) is 2.04. The summed E-state index contributed by atoms with van der Waals surface area (Å²) in [5.41, 5.74) is 7.62. The minimum Gasteiger partial charge on any atom is -0.368 e. The molecular weight excluding hydrogens is 272 g/mol. The fraction of sp³-hybridized carbons (Fsp3) is 0. The van der Waals surface area contributed by atoms with Gasteiger partial charge in [-0.15, -0.1) is 0 Å². The molecular formula is C16H11F2N3. The molecule has 104 valence electrons. The summed E-state index contributed by atoms with van der Waals surface area (Å²) >= 11 is 0. The van der Waals surface area contributed by atoms with Crippen molar-refractivity contribution in [3.05, 3.63) is 66.2 Å². The van der Waals surface area contributed by atoms with Crippen LogP contribution in [0.4, 0.5) is 14.7 Å². The minimum absolute atomic E-state index is 0.0371. The number of hydrogen-bond donors (Lipinski definition) is 1. The lowest BCUT2D eigenvalue weighted by atomic mass is 10.1. The standard InChI is InChI=1S/C16H11F2N3/c17-11-7-5-10(6-8-11)14-9-15(21-16(19)20-14)12-3-1-2-4-13(12)18/h1-9H,(H2,19,20,21). The number of rotatable bonds is 2. The summed E-state index contributed by atoms with van der Waals surface area (Å²) in [6, 6.07) is 13.7. The number of hydrogen-bond acceptors (Lipinski definition) is 3. The monoisotopic (exact) mass is 283 g/mol. The third-order valence-electron chi connectivity index (χ3n) is 3.03. The zero-order valence-corrected chi connectivity index (χ0v) is 10.9. The van der Waals surface area contributed by atoms with Gasteiger partial charge in [0.05, 0.1) is 11.4 Å². The van der Waals surface area contributed by atoms with Crippen LogP contribution >= 0.6 is 0 Å². The lowest BCUT2D eigenvalue weighted by Crippen LogP contribution is -1.99. The van der Waals surface area contributed by atoms with E-state index in [1.54, 1.807) is 36.4 Å². The van der Waals surface area contributed by atoms with Crippen LogP contribution in [0.3, 0.4) is 0 Å². The second-order valence-corrected chi connectivity index (χ2v) is 4.48. The fourth-order valence-corrected chi connectivity index (χ4v) is 2.04. The van der Waals surface area contributed by atoms with E-state index in [-0.39, 0.29) is 17.6 Å². The van der Waals surface area contributed by atoms with Crippen LogP contribution in [0.5, 0.6) is 0 Å². The minimum atomic E-state index is -0.388. The maximum absolute atomic E-state index is 13.8. The Bertz CT molecular complexity index is 786. The summed E-state index contributed by atoms with van der Waals surface area (Å²) in [5.74, 6) is -0.689. The molecule has 0 saturated carbocycles. The van der Waals surface area contributed by atoms with Crippen LogP contribution < -0.4 is 5.73 Å². The summed E-state index contributed by atoms with van der Waals surface area (Å²) < 4.78 is 26.8. The van der Waals surface area contributed by atoms with Crippen molar-refractivity contribution < 1.29 is 8.78 Å². The molecule has 0 unspecified atom stereocenters. The molecule has 2 N–H and O–H groups in total.